The van der Waals surface area contributed by atoms with Crippen LogP contribution in [-0.4, -0.2) is 25.2 Å². The van der Waals surface area contributed by atoms with E-state index in [-0.39, 0.29) is 5.91 Å². The molecule has 6 nitrogen and oxygen atoms in total. The van der Waals surface area contributed by atoms with Crippen LogP contribution >= 0.6 is 23.8 Å². The van der Waals surface area contributed by atoms with Gasteiger partial charge in [-0.3, -0.25) is 4.79 Å². The molecule has 1 amide bonds. The lowest BCUT2D eigenvalue weighted by Crippen LogP contribution is -2.45. The van der Waals surface area contributed by atoms with Gasteiger partial charge in [0.1, 0.15) is 11.5 Å². The number of thiocarbonyl (C=S) groups is 1. The van der Waals surface area contributed by atoms with E-state index in [2.05, 4.69) is 16.0 Å². The quantitative estimate of drug-likeness (QED) is 0.643. The third kappa shape index (κ3) is 4.05. The summed E-state index contributed by atoms with van der Waals surface area (Å²) in [5, 5.41) is 10.0. The summed E-state index contributed by atoms with van der Waals surface area (Å²) in [4.78, 5) is 13.2. The van der Waals surface area contributed by atoms with Gasteiger partial charge in [-0.05, 0) is 42.9 Å². The molecule has 8 heteroatoms. The van der Waals surface area contributed by atoms with E-state index in [1.54, 1.807) is 38.3 Å². The van der Waals surface area contributed by atoms with Crippen molar-refractivity contribution in [2.75, 3.05) is 19.5 Å². The average molecular weight is 418 g/mol. The Morgan fingerprint density at radius 1 is 1.18 bits per heavy atom. The van der Waals surface area contributed by atoms with Crippen molar-refractivity contribution < 1.29 is 14.3 Å². The van der Waals surface area contributed by atoms with Crippen molar-refractivity contribution in [2.45, 2.75) is 13.0 Å². The molecule has 1 heterocycles. The predicted molar refractivity (Wildman–Crippen MR) is 114 cm³/mol. The smallest absolute Gasteiger partial charge is 0.255 e. The van der Waals surface area contributed by atoms with Gasteiger partial charge in [-0.25, -0.2) is 0 Å². The van der Waals surface area contributed by atoms with Crippen molar-refractivity contribution in [3.63, 3.8) is 0 Å². The third-order valence-electron chi connectivity index (χ3n) is 4.38. The van der Waals surface area contributed by atoms with E-state index >= 15 is 0 Å². The van der Waals surface area contributed by atoms with E-state index in [0.29, 0.717) is 38.6 Å². The van der Waals surface area contributed by atoms with Gasteiger partial charge in [0.15, 0.2) is 5.11 Å². The van der Waals surface area contributed by atoms with Crippen LogP contribution in [-0.2, 0) is 4.79 Å². The zero-order chi connectivity index (χ0) is 20.3. The highest BCUT2D eigenvalue weighted by Gasteiger charge is 2.31. The van der Waals surface area contributed by atoms with Crippen molar-refractivity contribution in [3.05, 3.63) is 64.3 Å². The Morgan fingerprint density at radius 2 is 1.93 bits per heavy atom. The molecular formula is C20H20ClN3O3S. The SMILES string of the molecule is COc1ccc(OC)c(NC(=O)C2=C(C)NC(=S)N[C@H]2c2ccccc2Cl)c1. The van der Waals surface area contributed by atoms with Gasteiger partial charge in [0, 0.05) is 16.8 Å². The Bertz CT molecular complexity index is 961. The summed E-state index contributed by atoms with van der Waals surface area (Å²) in [6, 6.07) is 12.0. The first kappa shape index (κ1) is 20.0. The molecule has 0 saturated carbocycles. The molecule has 0 radical (unpaired) electrons. The first-order valence-corrected chi connectivity index (χ1v) is 9.29. The molecule has 0 saturated heterocycles. The number of anilines is 1. The van der Waals surface area contributed by atoms with E-state index in [1.807, 2.05) is 18.2 Å². The average Bonchev–Trinajstić information content (AvgIpc) is 2.67. The molecule has 0 bridgehead atoms. The summed E-state index contributed by atoms with van der Waals surface area (Å²) in [6.45, 7) is 1.80. The number of halogens is 1. The highest BCUT2D eigenvalue weighted by molar-refractivity contribution is 7.80. The van der Waals surface area contributed by atoms with Crippen molar-refractivity contribution in [1.29, 1.82) is 0 Å². The molecule has 1 aliphatic rings. The molecule has 0 unspecified atom stereocenters. The minimum Gasteiger partial charge on any atom is -0.497 e. The van der Waals surface area contributed by atoms with Gasteiger partial charge in [-0.2, -0.15) is 0 Å². The molecular weight excluding hydrogens is 398 g/mol. The zero-order valence-corrected chi connectivity index (χ0v) is 17.2. The molecule has 1 aliphatic heterocycles. The molecule has 28 heavy (non-hydrogen) atoms. The Balaban J connectivity index is 2.00. The second-order valence-electron chi connectivity index (χ2n) is 6.11. The maximum atomic E-state index is 13.2. The third-order valence-corrected chi connectivity index (χ3v) is 4.95. The molecule has 0 aliphatic carbocycles. The standard InChI is InChI=1S/C20H20ClN3O3S/c1-11-17(18(24-20(28)22-11)13-6-4-5-7-14(13)21)19(25)23-15-10-12(26-2)8-9-16(15)27-3/h4-10,18H,1-3H3,(H,23,25)(H2,22,24,28)/t18-/m0/s1. The number of benzene rings is 2. The van der Waals surface area contributed by atoms with Crippen molar-refractivity contribution >= 4 is 40.5 Å². The molecule has 1 atom stereocenters. The lowest BCUT2D eigenvalue weighted by atomic mass is 9.95. The molecule has 146 valence electrons. The number of hydrogen-bond donors (Lipinski definition) is 3. The van der Waals surface area contributed by atoms with Gasteiger partial charge >= 0.3 is 0 Å². The highest BCUT2D eigenvalue weighted by atomic mass is 35.5. The number of carbonyl (C=O) groups is 1. The Labute approximate surface area is 173 Å². The first-order chi connectivity index (χ1) is 13.4. The monoisotopic (exact) mass is 417 g/mol. The van der Waals surface area contributed by atoms with Crippen molar-refractivity contribution in [1.82, 2.24) is 10.6 Å². The first-order valence-electron chi connectivity index (χ1n) is 8.50. The maximum Gasteiger partial charge on any atom is 0.255 e. The normalized spacial score (nSPS) is 16.1. The summed E-state index contributed by atoms with van der Waals surface area (Å²) >= 11 is 11.7. The van der Waals surface area contributed by atoms with Crippen molar-refractivity contribution in [2.24, 2.45) is 0 Å². The molecule has 2 aromatic rings. The minimum absolute atomic E-state index is 0.309. The van der Waals surface area contributed by atoms with E-state index in [9.17, 15) is 4.79 Å². The van der Waals surface area contributed by atoms with Gasteiger partial charge in [-0.15, -0.1) is 0 Å². The fourth-order valence-corrected chi connectivity index (χ4v) is 3.55. The number of nitrogens with one attached hydrogen (secondary N) is 3. The number of methoxy groups -OCH3 is 2. The Kier molecular flexibility index (Phi) is 6.06. The van der Waals surface area contributed by atoms with Crippen LogP contribution in [0.2, 0.25) is 5.02 Å². The second kappa shape index (κ2) is 8.50. The summed E-state index contributed by atoms with van der Waals surface area (Å²) in [6.07, 6.45) is 0. The van der Waals surface area contributed by atoms with Crippen LogP contribution in [0.1, 0.15) is 18.5 Å². The Hall–Kier alpha value is -2.77. The summed E-state index contributed by atoms with van der Waals surface area (Å²) in [7, 11) is 3.10. The summed E-state index contributed by atoms with van der Waals surface area (Å²) in [5.74, 6) is 0.816. The van der Waals surface area contributed by atoms with Crippen LogP contribution in [0.4, 0.5) is 5.69 Å². The zero-order valence-electron chi connectivity index (χ0n) is 15.6. The van der Waals surface area contributed by atoms with E-state index in [1.165, 1.54) is 7.11 Å². The molecule has 0 fully saturated rings. The van der Waals surface area contributed by atoms with Crippen molar-refractivity contribution in [3.8, 4) is 11.5 Å². The fraction of sp³-hybridized carbons (Fsp3) is 0.200. The summed E-state index contributed by atoms with van der Waals surface area (Å²) < 4.78 is 10.6. The summed E-state index contributed by atoms with van der Waals surface area (Å²) in [5.41, 5.74) is 2.38. The van der Waals surface area contributed by atoms with Gasteiger partial charge < -0.3 is 25.4 Å². The van der Waals surface area contributed by atoms with Crippen LogP contribution in [0, 0.1) is 0 Å². The number of carbonyl (C=O) groups excluding carboxylic acids is 1. The van der Waals surface area contributed by atoms with Gasteiger partial charge in [0.2, 0.25) is 0 Å². The number of rotatable bonds is 5. The number of hydrogen-bond acceptors (Lipinski definition) is 4. The topological polar surface area (TPSA) is 71.6 Å². The Morgan fingerprint density at radius 3 is 2.61 bits per heavy atom. The van der Waals surface area contributed by atoms with Crippen LogP contribution in [0.5, 0.6) is 11.5 Å². The van der Waals surface area contributed by atoms with Crippen LogP contribution in [0.3, 0.4) is 0 Å². The largest absolute Gasteiger partial charge is 0.497 e. The number of amides is 1. The molecule has 2 aromatic carbocycles. The van der Waals surface area contributed by atoms with Gasteiger partial charge in [0.05, 0.1) is 31.5 Å². The van der Waals surface area contributed by atoms with E-state index in [4.69, 9.17) is 33.3 Å². The van der Waals surface area contributed by atoms with Crippen LogP contribution < -0.4 is 25.4 Å². The van der Waals surface area contributed by atoms with Crippen LogP contribution in [0.15, 0.2) is 53.7 Å². The molecule has 0 spiro atoms. The maximum absolute atomic E-state index is 13.2. The lowest BCUT2D eigenvalue weighted by Gasteiger charge is -2.31. The highest BCUT2D eigenvalue weighted by Crippen LogP contribution is 2.34. The fourth-order valence-electron chi connectivity index (χ4n) is 3.04. The predicted octanol–water partition coefficient (Wildman–Crippen LogP) is 3.79. The van der Waals surface area contributed by atoms with Crippen LogP contribution in [0.25, 0.3) is 0 Å². The molecule has 0 aromatic heterocycles. The number of allylic oxidation sites excluding steroid dienone is 1. The van der Waals surface area contributed by atoms with Gasteiger partial charge in [-0.1, -0.05) is 29.8 Å². The van der Waals surface area contributed by atoms with E-state index in [0.717, 1.165) is 5.56 Å². The van der Waals surface area contributed by atoms with Gasteiger partial charge in [0.25, 0.3) is 5.91 Å². The molecule has 3 rings (SSSR count). The minimum atomic E-state index is -0.487. The lowest BCUT2D eigenvalue weighted by molar-refractivity contribution is -0.113. The molecule has 3 N–H and O–H groups in total. The van der Waals surface area contributed by atoms with E-state index < -0.39 is 6.04 Å². The number of ether oxygens (including phenoxy) is 2. The second-order valence-corrected chi connectivity index (χ2v) is 6.93.